The summed E-state index contributed by atoms with van der Waals surface area (Å²) in [6, 6.07) is 0. The third-order valence-electron chi connectivity index (χ3n) is 2.51. The molecular formula is C11H14N2O3. The molecule has 0 bridgehead atoms. The summed E-state index contributed by atoms with van der Waals surface area (Å²) in [5.41, 5.74) is 1.06. The van der Waals surface area contributed by atoms with Crippen LogP contribution < -0.4 is 0 Å². The first-order chi connectivity index (χ1) is 7.54. The molecule has 5 nitrogen and oxygen atoms in total. The van der Waals surface area contributed by atoms with E-state index in [0.29, 0.717) is 17.6 Å². The van der Waals surface area contributed by atoms with Crippen molar-refractivity contribution in [3.63, 3.8) is 0 Å². The SMILES string of the molecule is CCC1=C(C(C)C)C(=O)N(CN=C=O)C1=O. The lowest BCUT2D eigenvalue weighted by atomic mass is 9.98. The molecule has 1 aliphatic rings. The minimum atomic E-state index is -0.338. The lowest BCUT2D eigenvalue weighted by Crippen LogP contribution is -2.32. The standard InChI is InChI=1S/C11H14N2O3/c1-4-8-9(7(2)3)11(16)13(10(8)15)5-12-6-14/h7H,4-5H2,1-3H3. The average molecular weight is 222 g/mol. The monoisotopic (exact) mass is 222 g/mol. The van der Waals surface area contributed by atoms with Gasteiger partial charge in [0.05, 0.1) is 0 Å². The number of aliphatic imine (C=N–C) groups is 1. The van der Waals surface area contributed by atoms with Crippen molar-refractivity contribution in [1.82, 2.24) is 4.90 Å². The molecule has 0 aromatic rings. The van der Waals surface area contributed by atoms with E-state index in [4.69, 9.17) is 0 Å². The summed E-state index contributed by atoms with van der Waals surface area (Å²) < 4.78 is 0. The predicted octanol–water partition coefficient (Wildman–Crippen LogP) is 1.01. The highest BCUT2D eigenvalue weighted by molar-refractivity contribution is 6.19. The molecule has 0 atom stereocenters. The van der Waals surface area contributed by atoms with Gasteiger partial charge >= 0.3 is 0 Å². The van der Waals surface area contributed by atoms with Gasteiger partial charge in [0.1, 0.15) is 6.67 Å². The van der Waals surface area contributed by atoms with Gasteiger partial charge in [0, 0.05) is 11.1 Å². The van der Waals surface area contributed by atoms with Crippen LogP contribution in [0.4, 0.5) is 0 Å². The summed E-state index contributed by atoms with van der Waals surface area (Å²) in [6.45, 7) is 5.32. The Kier molecular flexibility index (Phi) is 3.74. The van der Waals surface area contributed by atoms with Crippen LogP contribution in [0.25, 0.3) is 0 Å². The Hall–Kier alpha value is -1.74. The molecule has 5 heteroatoms. The molecule has 16 heavy (non-hydrogen) atoms. The number of imide groups is 1. The summed E-state index contributed by atoms with van der Waals surface area (Å²) in [5.74, 6) is -0.678. The Bertz CT molecular complexity index is 403. The minimum Gasteiger partial charge on any atom is -0.269 e. The Labute approximate surface area is 93.8 Å². The van der Waals surface area contributed by atoms with Crippen LogP contribution in [0.2, 0.25) is 0 Å². The topological polar surface area (TPSA) is 66.8 Å². The molecule has 0 aromatic heterocycles. The van der Waals surface area contributed by atoms with Gasteiger partial charge in [-0.2, -0.15) is 4.99 Å². The number of rotatable bonds is 4. The molecule has 1 rings (SSSR count). The van der Waals surface area contributed by atoms with Crippen molar-refractivity contribution in [3.8, 4) is 0 Å². The van der Waals surface area contributed by atoms with Crippen molar-refractivity contribution in [1.29, 1.82) is 0 Å². The molecule has 0 N–H and O–H groups in total. The Balaban J connectivity index is 3.07. The van der Waals surface area contributed by atoms with Crippen LogP contribution in [0, 0.1) is 5.92 Å². The Morgan fingerprint density at radius 2 is 1.94 bits per heavy atom. The summed E-state index contributed by atoms with van der Waals surface area (Å²) in [6.07, 6.45) is 1.84. The van der Waals surface area contributed by atoms with Crippen molar-refractivity contribution >= 4 is 17.9 Å². The van der Waals surface area contributed by atoms with Crippen LogP contribution in [-0.2, 0) is 14.4 Å². The second-order valence-corrected chi connectivity index (χ2v) is 3.83. The van der Waals surface area contributed by atoms with E-state index in [2.05, 4.69) is 4.99 Å². The van der Waals surface area contributed by atoms with E-state index >= 15 is 0 Å². The maximum atomic E-state index is 11.9. The normalized spacial score (nSPS) is 16.1. The molecule has 0 unspecified atom stereocenters. The maximum Gasteiger partial charge on any atom is 0.258 e. The zero-order valence-corrected chi connectivity index (χ0v) is 9.61. The van der Waals surface area contributed by atoms with Gasteiger partial charge in [0.25, 0.3) is 11.8 Å². The van der Waals surface area contributed by atoms with Gasteiger partial charge in [0.15, 0.2) is 0 Å². The molecule has 0 aromatic carbocycles. The van der Waals surface area contributed by atoms with Crippen molar-refractivity contribution < 1.29 is 14.4 Å². The van der Waals surface area contributed by atoms with Crippen LogP contribution in [-0.4, -0.2) is 29.5 Å². The molecule has 0 spiro atoms. The van der Waals surface area contributed by atoms with E-state index in [-0.39, 0.29) is 24.4 Å². The van der Waals surface area contributed by atoms with Crippen LogP contribution >= 0.6 is 0 Å². The van der Waals surface area contributed by atoms with Crippen LogP contribution in [0.1, 0.15) is 27.2 Å². The van der Waals surface area contributed by atoms with Gasteiger partial charge in [-0.25, -0.2) is 4.79 Å². The summed E-state index contributed by atoms with van der Waals surface area (Å²) in [7, 11) is 0. The highest BCUT2D eigenvalue weighted by Gasteiger charge is 2.37. The zero-order valence-electron chi connectivity index (χ0n) is 9.61. The van der Waals surface area contributed by atoms with Gasteiger partial charge in [-0.15, -0.1) is 0 Å². The first kappa shape index (κ1) is 12.3. The highest BCUT2D eigenvalue weighted by Crippen LogP contribution is 2.28. The number of amides is 2. The number of isocyanates is 1. The van der Waals surface area contributed by atoms with Gasteiger partial charge < -0.3 is 0 Å². The number of nitrogens with zero attached hydrogens (tertiary/aromatic N) is 2. The molecule has 1 heterocycles. The lowest BCUT2D eigenvalue weighted by Gasteiger charge is -2.11. The predicted molar refractivity (Wildman–Crippen MR) is 57.0 cm³/mol. The van der Waals surface area contributed by atoms with E-state index in [1.54, 1.807) is 0 Å². The molecular weight excluding hydrogens is 208 g/mol. The average Bonchev–Trinajstić information content (AvgIpc) is 2.47. The molecule has 1 aliphatic heterocycles. The van der Waals surface area contributed by atoms with Gasteiger partial charge in [-0.3, -0.25) is 14.5 Å². The fraction of sp³-hybridized carbons (Fsp3) is 0.545. The number of carbonyl (C=O) groups excluding carboxylic acids is 3. The second-order valence-electron chi connectivity index (χ2n) is 3.83. The van der Waals surface area contributed by atoms with E-state index < -0.39 is 0 Å². The van der Waals surface area contributed by atoms with Gasteiger partial charge in [-0.05, 0) is 12.3 Å². The largest absolute Gasteiger partial charge is 0.269 e. The van der Waals surface area contributed by atoms with E-state index in [0.717, 1.165) is 4.90 Å². The molecule has 86 valence electrons. The van der Waals surface area contributed by atoms with Crippen LogP contribution in [0.3, 0.4) is 0 Å². The van der Waals surface area contributed by atoms with Crippen LogP contribution in [0.5, 0.6) is 0 Å². The molecule has 0 saturated carbocycles. The number of hydrogen-bond donors (Lipinski definition) is 0. The van der Waals surface area contributed by atoms with Crippen LogP contribution in [0.15, 0.2) is 16.1 Å². The lowest BCUT2D eigenvalue weighted by molar-refractivity contribution is -0.137. The van der Waals surface area contributed by atoms with Gasteiger partial charge in [0.2, 0.25) is 6.08 Å². The summed E-state index contributed by atoms with van der Waals surface area (Å²) in [4.78, 5) is 38.0. The summed E-state index contributed by atoms with van der Waals surface area (Å²) >= 11 is 0. The molecule has 0 saturated heterocycles. The molecule has 0 fully saturated rings. The van der Waals surface area contributed by atoms with E-state index in [1.807, 2.05) is 20.8 Å². The fourth-order valence-electron chi connectivity index (χ4n) is 1.81. The quantitative estimate of drug-likeness (QED) is 0.405. The van der Waals surface area contributed by atoms with Crippen molar-refractivity contribution in [3.05, 3.63) is 11.1 Å². The summed E-state index contributed by atoms with van der Waals surface area (Å²) in [5, 5.41) is 0. The Morgan fingerprint density at radius 1 is 1.31 bits per heavy atom. The highest BCUT2D eigenvalue weighted by atomic mass is 16.2. The first-order valence-corrected chi connectivity index (χ1v) is 5.17. The van der Waals surface area contributed by atoms with Crippen molar-refractivity contribution in [2.75, 3.05) is 6.67 Å². The maximum absolute atomic E-state index is 11.9. The molecule has 2 amide bonds. The fourth-order valence-corrected chi connectivity index (χ4v) is 1.81. The minimum absolute atomic E-state index is 0.00314. The third kappa shape index (κ3) is 1.95. The Morgan fingerprint density at radius 3 is 2.31 bits per heavy atom. The first-order valence-electron chi connectivity index (χ1n) is 5.17. The molecule has 0 radical (unpaired) electrons. The van der Waals surface area contributed by atoms with E-state index in [1.165, 1.54) is 6.08 Å². The number of carbonyl (C=O) groups is 2. The van der Waals surface area contributed by atoms with Gasteiger partial charge in [-0.1, -0.05) is 20.8 Å². The van der Waals surface area contributed by atoms with Crippen molar-refractivity contribution in [2.45, 2.75) is 27.2 Å². The smallest absolute Gasteiger partial charge is 0.258 e. The number of hydrogen-bond acceptors (Lipinski definition) is 4. The zero-order chi connectivity index (χ0) is 12.3. The third-order valence-corrected chi connectivity index (χ3v) is 2.51. The van der Waals surface area contributed by atoms with E-state index in [9.17, 15) is 14.4 Å². The molecule has 0 aliphatic carbocycles. The second kappa shape index (κ2) is 4.86. The van der Waals surface area contributed by atoms with Crippen molar-refractivity contribution in [2.24, 2.45) is 10.9 Å².